The van der Waals surface area contributed by atoms with Crippen LogP contribution in [0.25, 0.3) is 0 Å². The van der Waals surface area contributed by atoms with Crippen molar-refractivity contribution in [3.8, 4) is 11.5 Å². The zero-order valence-electron chi connectivity index (χ0n) is 16.5. The number of ether oxygens (including phenoxy) is 2. The maximum absolute atomic E-state index is 10.4. The molecule has 0 N–H and O–H groups in total. The molecule has 0 saturated carbocycles. The Morgan fingerprint density at radius 2 is 1.10 bits per heavy atom. The van der Waals surface area contributed by atoms with Crippen molar-refractivity contribution in [2.24, 2.45) is 0 Å². The monoisotopic (exact) mass is 466 g/mol. The van der Waals surface area contributed by atoms with Crippen LogP contribution in [0.4, 0.5) is 0 Å². The molecule has 2 rings (SSSR count). The van der Waals surface area contributed by atoms with E-state index in [1.54, 1.807) is 50.2 Å². The Hall–Kier alpha value is -1.18. The Labute approximate surface area is 209 Å². The first-order chi connectivity index (χ1) is 13.0. The van der Waals surface area contributed by atoms with Crippen LogP contribution in [-0.2, 0) is 9.59 Å². The zero-order valence-corrected chi connectivity index (χ0v) is 20.3. The molecule has 9 heteroatoms. The molecule has 0 aliphatic carbocycles. The molecule has 2 atom stereocenters. The van der Waals surface area contributed by atoms with E-state index in [2.05, 4.69) is 0 Å². The van der Waals surface area contributed by atoms with Gasteiger partial charge in [-0.15, -0.1) is 0 Å². The van der Waals surface area contributed by atoms with Gasteiger partial charge in [-0.2, -0.15) is 0 Å². The number of aryl methyl sites for hydroxylation is 2. The number of aliphatic carboxylic acids is 2. The molecule has 2 aromatic rings. The van der Waals surface area contributed by atoms with Crippen molar-refractivity contribution < 1.29 is 29.3 Å². The maximum Gasteiger partial charge on any atom is 2.00 e. The van der Waals surface area contributed by atoms with Gasteiger partial charge in [-0.1, -0.05) is 23.2 Å². The fourth-order valence-corrected chi connectivity index (χ4v) is 2.42. The fraction of sp³-hybridized carbons (Fsp3) is 0.300. The predicted molar refractivity (Wildman–Crippen MR) is 108 cm³/mol. The molecule has 2 aromatic carbocycles. The van der Waals surface area contributed by atoms with Gasteiger partial charge >= 0.3 is 37.7 Å². The molecule has 0 spiro atoms. The Morgan fingerprint density at radius 3 is 1.34 bits per heavy atom. The number of carboxylic acid groups (broad SMARTS) is 2. The van der Waals surface area contributed by atoms with E-state index in [1.165, 1.54) is 13.8 Å². The van der Waals surface area contributed by atoms with Crippen LogP contribution in [0.1, 0.15) is 25.0 Å². The van der Waals surface area contributed by atoms with Crippen LogP contribution in [0.3, 0.4) is 0 Å². The first-order valence-electron chi connectivity index (χ1n) is 8.28. The normalized spacial score (nSPS) is 11.8. The van der Waals surface area contributed by atoms with Gasteiger partial charge in [0.2, 0.25) is 0 Å². The average Bonchev–Trinajstić information content (AvgIpc) is 2.60. The Bertz CT molecular complexity index is 774. The van der Waals surface area contributed by atoms with Crippen LogP contribution < -0.4 is 19.7 Å². The van der Waals surface area contributed by atoms with Gasteiger partial charge in [-0.25, -0.2) is 0 Å². The quantitative estimate of drug-likeness (QED) is 0.603. The third-order valence-electron chi connectivity index (χ3n) is 3.55. The van der Waals surface area contributed by atoms with Gasteiger partial charge in [0, 0.05) is 10.0 Å². The average molecular weight is 467 g/mol. The minimum Gasteiger partial charge on any atom is -0.546 e. The van der Waals surface area contributed by atoms with Crippen molar-refractivity contribution in [3.63, 3.8) is 0 Å². The molecule has 0 aliphatic heterocycles. The summed E-state index contributed by atoms with van der Waals surface area (Å²) in [5.41, 5.74) is 1.59. The molecule has 0 radical (unpaired) electrons. The summed E-state index contributed by atoms with van der Waals surface area (Å²) in [5, 5.41) is 22.0. The zero-order chi connectivity index (χ0) is 21.4. The van der Waals surface area contributed by atoms with Gasteiger partial charge in [-0.05, 0) is 75.2 Å². The van der Waals surface area contributed by atoms with Crippen LogP contribution in [0.5, 0.6) is 11.5 Å². The summed E-state index contributed by atoms with van der Waals surface area (Å²) in [5.74, 6) is -1.46. The molecular weight excluding hydrogens is 447 g/mol. The molecular formula is C20H20CaCl2O6. The number of carbonyl (C=O) groups excluding carboxylic acids is 2. The van der Waals surface area contributed by atoms with E-state index in [0.29, 0.717) is 21.5 Å². The third kappa shape index (κ3) is 9.92. The minimum atomic E-state index is -1.24. The number of carbonyl (C=O) groups is 2. The van der Waals surface area contributed by atoms with Crippen LogP contribution in [0.15, 0.2) is 36.4 Å². The van der Waals surface area contributed by atoms with E-state index < -0.39 is 24.1 Å². The molecule has 29 heavy (non-hydrogen) atoms. The summed E-state index contributed by atoms with van der Waals surface area (Å²) in [6.45, 7) is 6.43. The Morgan fingerprint density at radius 1 is 0.793 bits per heavy atom. The van der Waals surface area contributed by atoms with E-state index >= 15 is 0 Å². The first kappa shape index (κ1) is 27.8. The van der Waals surface area contributed by atoms with Crippen molar-refractivity contribution in [2.75, 3.05) is 0 Å². The van der Waals surface area contributed by atoms with E-state index in [1.807, 2.05) is 0 Å². The molecule has 152 valence electrons. The summed E-state index contributed by atoms with van der Waals surface area (Å²) < 4.78 is 10.3. The van der Waals surface area contributed by atoms with Crippen LogP contribution in [-0.4, -0.2) is 61.9 Å². The summed E-state index contributed by atoms with van der Waals surface area (Å²) in [7, 11) is 0. The molecule has 0 aromatic heterocycles. The van der Waals surface area contributed by atoms with E-state index in [-0.39, 0.29) is 37.7 Å². The van der Waals surface area contributed by atoms with E-state index in [0.717, 1.165) is 11.1 Å². The third-order valence-corrected chi connectivity index (χ3v) is 4.02. The van der Waals surface area contributed by atoms with Crippen molar-refractivity contribution in [2.45, 2.75) is 39.9 Å². The maximum atomic E-state index is 10.4. The molecule has 2 unspecified atom stereocenters. The molecule has 0 bridgehead atoms. The minimum absolute atomic E-state index is 0. The standard InChI is InChI=1S/2C10H11ClO3.Ca/c2*1-6-5-8(11)3-4-9(6)14-7(2)10(12)13;/h2*3-5,7H,1-2H3,(H,12,13);/q;;+2/p-2. The SMILES string of the molecule is Cc1cc(Cl)ccc1OC(C)C(=O)[O-].Cc1cc(Cl)ccc1OC(C)C(=O)[O-].[Ca+2]. The second kappa shape index (κ2) is 13.2. The van der Waals surface area contributed by atoms with Gasteiger partial charge in [0.05, 0.1) is 11.9 Å². The summed E-state index contributed by atoms with van der Waals surface area (Å²) >= 11 is 11.5. The van der Waals surface area contributed by atoms with Crippen molar-refractivity contribution in [1.29, 1.82) is 0 Å². The molecule has 0 heterocycles. The Balaban J connectivity index is 0.000000523. The Kier molecular flexibility index (Phi) is 12.7. The van der Waals surface area contributed by atoms with Crippen LogP contribution in [0.2, 0.25) is 10.0 Å². The molecule has 0 aliphatic rings. The van der Waals surface area contributed by atoms with E-state index in [4.69, 9.17) is 32.7 Å². The number of rotatable bonds is 6. The second-order valence-corrected chi connectivity index (χ2v) is 6.85. The van der Waals surface area contributed by atoms with Gasteiger partial charge < -0.3 is 29.3 Å². The predicted octanol–water partition coefficient (Wildman–Crippen LogP) is 1.95. The van der Waals surface area contributed by atoms with Gasteiger partial charge in [0.15, 0.2) is 0 Å². The number of carboxylic acids is 2. The molecule has 0 fully saturated rings. The fourth-order valence-electron chi connectivity index (χ4n) is 1.97. The molecule has 0 amide bonds. The molecule has 0 saturated heterocycles. The van der Waals surface area contributed by atoms with Crippen LogP contribution in [0, 0.1) is 13.8 Å². The van der Waals surface area contributed by atoms with E-state index in [9.17, 15) is 19.8 Å². The number of halogens is 2. The number of hydrogen-bond donors (Lipinski definition) is 0. The number of hydrogen-bond acceptors (Lipinski definition) is 6. The van der Waals surface area contributed by atoms with Gasteiger partial charge in [0.25, 0.3) is 0 Å². The van der Waals surface area contributed by atoms with Crippen molar-refractivity contribution in [3.05, 3.63) is 57.6 Å². The topological polar surface area (TPSA) is 98.7 Å². The first-order valence-corrected chi connectivity index (χ1v) is 9.04. The second-order valence-electron chi connectivity index (χ2n) is 5.98. The number of benzene rings is 2. The smallest absolute Gasteiger partial charge is 0.546 e. The summed E-state index contributed by atoms with van der Waals surface area (Å²) in [6, 6.07) is 9.98. The summed E-state index contributed by atoms with van der Waals surface area (Å²) in [4.78, 5) is 20.8. The van der Waals surface area contributed by atoms with Crippen molar-refractivity contribution >= 4 is 72.9 Å². The van der Waals surface area contributed by atoms with Crippen molar-refractivity contribution in [1.82, 2.24) is 0 Å². The largest absolute Gasteiger partial charge is 2.00 e. The molecule has 6 nitrogen and oxygen atoms in total. The van der Waals surface area contributed by atoms with Gasteiger partial charge in [-0.3, -0.25) is 0 Å². The van der Waals surface area contributed by atoms with Gasteiger partial charge in [0.1, 0.15) is 23.7 Å². The van der Waals surface area contributed by atoms with Crippen LogP contribution >= 0.6 is 23.2 Å². The summed E-state index contributed by atoms with van der Waals surface area (Å²) in [6.07, 6.45) is -1.93.